The van der Waals surface area contributed by atoms with Crippen molar-refractivity contribution >= 4 is 27.5 Å². The van der Waals surface area contributed by atoms with Gasteiger partial charge < -0.3 is 9.26 Å². The summed E-state index contributed by atoms with van der Waals surface area (Å²) in [6.07, 6.45) is 1.44. The maximum absolute atomic E-state index is 12.8. The number of nitrogens with zero attached hydrogens (tertiary/aromatic N) is 1. The van der Waals surface area contributed by atoms with Gasteiger partial charge in [-0.3, -0.25) is 0 Å². The summed E-state index contributed by atoms with van der Waals surface area (Å²) in [6.45, 7) is 1.80. The molecule has 0 amide bonds. The second-order valence-corrected chi connectivity index (χ2v) is 7.42. The van der Waals surface area contributed by atoms with Gasteiger partial charge >= 0.3 is 0 Å². The van der Waals surface area contributed by atoms with Crippen molar-refractivity contribution < 1.29 is 17.7 Å². The third-order valence-corrected chi connectivity index (χ3v) is 5.17. The van der Waals surface area contributed by atoms with Gasteiger partial charge in [0.15, 0.2) is 0 Å². The van der Waals surface area contributed by atoms with E-state index >= 15 is 0 Å². The molecule has 2 aromatic carbocycles. The molecule has 3 aromatic rings. The predicted molar refractivity (Wildman–Crippen MR) is 95.5 cm³/mol. The van der Waals surface area contributed by atoms with E-state index in [9.17, 15) is 8.42 Å². The molecule has 1 N–H and O–H groups in total. The monoisotopic (exact) mass is 378 g/mol. The normalized spacial score (nSPS) is 11.3. The number of hydrogen-bond acceptors (Lipinski definition) is 5. The highest BCUT2D eigenvalue weighted by Crippen LogP contribution is 2.32. The van der Waals surface area contributed by atoms with E-state index < -0.39 is 10.0 Å². The zero-order valence-corrected chi connectivity index (χ0v) is 15.1. The molecule has 0 radical (unpaired) electrons. The van der Waals surface area contributed by atoms with E-state index in [4.69, 9.17) is 20.9 Å². The summed E-state index contributed by atoms with van der Waals surface area (Å²) < 4.78 is 38.2. The number of methoxy groups -OCH3 is 1. The summed E-state index contributed by atoms with van der Waals surface area (Å²) in [6, 6.07) is 11.8. The number of nitrogens with one attached hydrogen (secondary N) is 1. The van der Waals surface area contributed by atoms with Crippen molar-refractivity contribution in [1.82, 2.24) is 5.16 Å². The lowest BCUT2D eigenvalue weighted by molar-refractivity contribution is 0.402. The Morgan fingerprint density at radius 2 is 1.88 bits per heavy atom. The molecule has 0 unspecified atom stereocenters. The summed E-state index contributed by atoms with van der Waals surface area (Å²) in [5.74, 6) is 0.261. The lowest BCUT2D eigenvalue weighted by Crippen LogP contribution is -2.14. The summed E-state index contributed by atoms with van der Waals surface area (Å²) in [4.78, 5) is 0.0217. The van der Waals surface area contributed by atoms with Crippen LogP contribution in [0, 0.1) is 6.92 Å². The molecular weight excluding hydrogens is 364 g/mol. The summed E-state index contributed by atoms with van der Waals surface area (Å²) in [5.41, 5.74) is 2.02. The molecule has 1 aromatic heterocycles. The first kappa shape index (κ1) is 17.3. The summed E-state index contributed by atoms with van der Waals surface area (Å²) in [5, 5.41) is 4.27. The number of benzene rings is 2. The van der Waals surface area contributed by atoms with Crippen LogP contribution in [0.2, 0.25) is 5.02 Å². The Balaban J connectivity index is 1.99. The molecule has 0 aliphatic rings. The highest BCUT2D eigenvalue weighted by atomic mass is 35.5. The van der Waals surface area contributed by atoms with E-state index in [2.05, 4.69) is 9.88 Å². The van der Waals surface area contributed by atoms with Gasteiger partial charge in [0.05, 0.1) is 18.9 Å². The predicted octanol–water partition coefficient (Wildman–Crippen LogP) is 4.11. The molecule has 0 aliphatic heterocycles. The van der Waals surface area contributed by atoms with Crippen molar-refractivity contribution in [1.29, 1.82) is 0 Å². The first-order valence-corrected chi connectivity index (χ1v) is 9.15. The molecule has 0 saturated carbocycles. The quantitative estimate of drug-likeness (QED) is 0.722. The van der Waals surface area contributed by atoms with Crippen LogP contribution < -0.4 is 9.46 Å². The van der Waals surface area contributed by atoms with Gasteiger partial charge in [0, 0.05) is 5.02 Å². The standard InChI is InChI=1S/C17H15ClN2O4S/c1-11-3-8-15(23-2)16(9-11)25(21,22)20-17-14(10-19-24-17)12-4-6-13(18)7-5-12/h3-10,20H,1-2H3. The number of aromatic nitrogens is 1. The Kier molecular flexibility index (Phi) is 4.69. The van der Waals surface area contributed by atoms with E-state index in [0.717, 1.165) is 11.1 Å². The Morgan fingerprint density at radius 3 is 2.56 bits per heavy atom. The Labute approximate surface area is 150 Å². The number of anilines is 1. The van der Waals surface area contributed by atoms with Gasteiger partial charge in [-0.2, -0.15) is 0 Å². The van der Waals surface area contributed by atoms with Crippen LogP contribution in [0.25, 0.3) is 11.1 Å². The zero-order valence-electron chi connectivity index (χ0n) is 13.5. The van der Waals surface area contributed by atoms with Crippen LogP contribution >= 0.6 is 11.6 Å². The summed E-state index contributed by atoms with van der Waals surface area (Å²) in [7, 11) is -2.51. The van der Waals surface area contributed by atoms with Crippen LogP contribution in [0.15, 0.2) is 58.1 Å². The molecule has 0 saturated heterocycles. The zero-order chi connectivity index (χ0) is 18.0. The Bertz CT molecular complexity index is 998. The van der Waals surface area contributed by atoms with Crippen molar-refractivity contribution in [3.8, 4) is 16.9 Å². The van der Waals surface area contributed by atoms with Gasteiger partial charge in [0.25, 0.3) is 10.0 Å². The van der Waals surface area contributed by atoms with E-state index in [1.54, 1.807) is 43.3 Å². The number of ether oxygens (including phenoxy) is 1. The van der Waals surface area contributed by atoms with E-state index in [0.29, 0.717) is 10.6 Å². The Morgan fingerprint density at radius 1 is 1.16 bits per heavy atom. The lowest BCUT2D eigenvalue weighted by Gasteiger charge is -2.11. The number of halogens is 1. The van der Waals surface area contributed by atoms with Crippen molar-refractivity contribution in [2.45, 2.75) is 11.8 Å². The van der Waals surface area contributed by atoms with Crippen LogP contribution in [0.3, 0.4) is 0 Å². The highest BCUT2D eigenvalue weighted by molar-refractivity contribution is 7.92. The third kappa shape index (κ3) is 3.62. The van der Waals surface area contributed by atoms with Gasteiger partial charge in [-0.05, 0) is 42.3 Å². The molecule has 6 nitrogen and oxygen atoms in total. The van der Waals surface area contributed by atoms with Gasteiger partial charge in [-0.1, -0.05) is 35.0 Å². The highest BCUT2D eigenvalue weighted by Gasteiger charge is 2.23. The topological polar surface area (TPSA) is 81.4 Å². The molecule has 0 atom stereocenters. The molecule has 3 rings (SSSR count). The lowest BCUT2D eigenvalue weighted by atomic mass is 10.1. The van der Waals surface area contributed by atoms with Crippen molar-refractivity contribution in [3.05, 3.63) is 59.2 Å². The number of rotatable bonds is 5. The molecule has 1 heterocycles. The van der Waals surface area contributed by atoms with Crippen molar-refractivity contribution in [2.75, 3.05) is 11.8 Å². The van der Waals surface area contributed by atoms with Crippen LogP contribution in [0.4, 0.5) is 5.88 Å². The van der Waals surface area contributed by atoms with Gasteiger partial charge in [0.2, 0.25) is 5.88 Å². The van der Waals surface area contributed by atoms with Gasteiger partial charge in [-0.15, -0.1) is 0 Å². The average molecular weight is 379 g/mol. The maximum Gasteiger partial charge on any atom is 0.267 e. The number of aryl methyl sites for hydroxylation is 1. The Hall–Kier alpha value is -2.51. The molecule has 0 aliphatic carbocycles. The molecular formula is C17H15ClN2O4S. The third-order valence-electron chi connectivity index (χ3n) is 3.56. The van der Waals surface area contributed by atoms with E-state index in [-0.39, 0.29) is 16.5 Å². The fraction of sp³-hybridized carbons (Fsp3) is 0.118. The fourth-order valence-electron chi connectivity index (χ4n) is 2.32. The summed E-state index contributed by atoms with van der Waals surface area (Å²) >= 11 is 5.88. The molecule has 8 heteroatoms. The average Bonchev–Trinajstić information content (AvgIpc) is 3.03. The smallest absolute Gasteiger partial charge is 0.267 e. The molecule has 25 heavy (non-hydrogen) atoms. The van der Waals surface area contributed by atoms with Gasteiger partial charge in [-0.25, -0.2) is 13.1 Å². The minimum Gasteiger partial charge on any atom is -0.495 e. The molecule has 0 fully saturated rings. The second-order valence-electron chi connectivity index (χ2n) is 5.34. The SMILES string of the molecule is COc1ccc(C)cc1S(=O)(=O)Nc1oncc1-c1ccc(Cl)cc1. The van der Waals surface area contributed by atoms with Crippen molar-refractivity contribution in [2.24, 2.45) is 0 Å². The van der Waals surface area contributed by atoms with Gasteiger partial charge in [0.1, 0.15) is 10.6 Å². The van der Waals surface area contributed by atoms with Crippen molar-refractivity contribution in [3.63, 3.8) is 0 Å². The van der Waals surface area contributed by atoms with E-state index in [1.165, 1.54) is 19.4 Å². The largest absolute Gasteiger partial charge is 0.495 e. The van der Waals surface area contributed by atoms with E-state index in [1.807, 2.05) is 0 Å². The molecule has 130 valence electrons. The molecule has 0 bridgehead atoms. The maximum atomic E-state index is 12.8. The fourth-order valence-corrected chi connectivity index (χ4v) is 3.70. The van der Waals surface area contributed by atoms with Crippen LogP contribution in [-0.4, -0.2) is 20.7 Å². The van der Waals surface area contributed by atoms with Crippen LogP contribution in [-0.2, 0) is 10.0 Å². The second kappa shape index (κ2) is 6.78. The van der Waals surface area contributed by atoms with Crippen LogP contribution in [0.1, 0.15) is 5.56 Å². The minimum atomic E-state index is -3.92. The minimum absolute atomic E-state index is 0.0193. The molecule has 0 spiro atoms. The first-order chi connectivity index (χ1) is 11.9. The first-order valence-electron chi connectivity index (χ1n) is 7.29. The number of hydrogen-bond donors (Lipinski definition) is 1. The number of sulfonamides is 1. The van der Waals surface area contributed by atoms with Crippen LogP contribution in [0.5, 0.6) is 5.75 Å².